The molecule has 0 aromatic rings. The fourth-order valence-corrected chi connectivity index (χ4v) is 0.876. The normalized spacial score (nSPS) is 15.5. The second-order valence-corrected chi connectivity index (χ2v) is 3.86. The van der Waals surface area contributed by atoms with Gasteiger partial charge in [0.05, 0.1) is 5.57 Å². The predicted molar refractivity (Wildman–Crippen MR) is 47.8 cm³/mol. The van der Waals surface area contributed by atoms with Crippen molar-refractivity contribution in [3.63, 3.8) is 0 Å². The van der Waals surface area contributed by atoms with Crippen molar-refractivity contribution in [1.29, 1.82) is 0 Å². The monoisotopic (exact) mass is 398 g/mol. The van der Waals surface area contributed by atoms with Crippen molar-refractivity contribution >= 4 is 0 Å². The van der Waals surface area contributed by atoms with Gasteiger partial charge in [0.15, 0.2) is 5.83 Å². The maximum Gasteiger partial charge on any atom is 0.438 e. The average molecular weight is 398 g/mol. The lowest BCUT2D eigenvalue weighted by atomic mass is 9.99. The fourth-order valence-electron chi connectivity index (χ4n) is 0.876. The molecular formula is C9H5F15. The average Bonchev–Trinajstić information content (AvgIpc) is 2.20. The Kier molecular flexibility index (Phi) is 7.57. The summed E-state index contributed by atoms with van der Waals surface area (Å²) in [4.78, 5) is 0. The van der Waals surface area contributed by atoms with Crippen LogP contribution in [0.4, 0.5) is 65.9 Å². The summed E-state index contributed by atoms with van der Waals surface area (Å²) < 4.78 is 175. The molecule has 0 unspecified atom stereocenters. The van der Waals surface area contributed by atoms with Gasteiger partial charge in [-0.2, -0.15) is 52.7 Å². The molecule has 0 aromatic carbocycles. The van der Waals surface area contributed by atoms with Crippen LogP contribution < -0.4 is 0 Å². The molecule has 0 bridgehead atoms. The molecule has 15 heteroatoms. The van der Waals surface area contributed by atoms with Crippen LogP contribution in [0.15, 0.2) is 11.4 Å². The summed E-state index contributed by atoms with van der Waals surface area (Å²) >= 11 is 0. The molecule has 0 spiro atoms. The van der Waals surface area contributed by atoms with E-state index in [1.165, 1.54) is 0 Å². The molecule has 0 aromatic heterocycles. The number of alkyl halides is 14. The van der Waals surface area contributed by atoms with Gasteiger partial charge in [-0.25, -0.2) is 13.2 Å². The van der Waals surface area contributed by atoms with Crippen LogP contribution in [-0.4, -0.2) is 37.0 Å². The summed E-state index contributed by atoms with van der Waals surface area (Å²) in [6.45, 7) is -2.90. The Morgan fingerprint density at radius 3 is 1.04 bits per heavy atom. The fraction of sp³-hybridized carbons (Fsp3) is 0.778. The van der Waals surface area contributed by atoms with E-state index in [1.54, 1.807) is 0 Å². The lowest BCUT2D eigenvalue weighted by molar-refractivity contribution is -0.332. The van der Waals surface area contributed by atoms with Crippen LogP contribution in [0, 0.1) is 0 Å². The van der Waals surface area contributed by atoms with Gasteiger partial charge in [0, 0.05) is 6.92 Å². The number of halogens is 15. The molecule has 0 amide bonds. The molecule has 0 rings (SSSR count). The Morgan fingerprint density at radius 2 is 0.917 bits per heavy atom. The van der Waals surface area contributed by atoms with Crippen LogP contribution >= 0.6 is 0 Å². The molecule has 0 heterocycles. The highest BCUT2D eigenvalue weighted by Crippen LogP contribution is 2.53. The number of rotatable bonds is 2. The Balaban J connectivity index is 0. The molecule has 0 radical (unpaired) electrons. The second kappa shape index (κ2) is 7.29. The van der Waals surface area contributed by atoms with Crippen molar-refractivity contribution in [1.82, 2.24) is 0 Å². The minimum Gasteiger partial charge on any atom is -0.246 e. The lowest BCUT2D eigenvalue weighted by Crippen LogP contribution is -2.54. The van der Waals surface area contributed by atoms with Crippen LogP contribution in [0.5, 0.6) is 0 Å². The highest BCUT2D eigenvalue weighted by atomic mass is 19.4. The first kappa shape index (κ1) is 24.9. The van der Waals surface area contributed by atoms with Crippen molar-refractivity contribution in [3.05, 3.63) is 11.4 Å². The lowest BCUT2D eigenvalue weighted by Gasteiger charge is -2.29. The minimum absolute atomic E-state index is 0.188. The van der Waals surface area contributed by atoms with Crippen LogP contribution in [0.2, 0.25) is 0 Å². The van der Waals surface area contributed by atoms with E-state index in [0.29, 0.717) is 0 Å². The van der Waals surface area contributed by atoms with Crippen molar-refractivity contribution < 1.29 is 65.9 Å². The number of allylic oxidation sites excluding steroid dienone is 2. The summed E-state index contributed by atoms with van der Waals surface area (Å²) in [5.74, 6) is -4.32. The molecule has 0 aliphatic heterocycles. The van der Waals surface area contributed by atoms with Gasteiger partial charge in [-0.3, -0.25) is 0 Å². The van der Waals surface area contributed by atoms with E-state index in [0.717, 1.165) is 0 Å². The van der Waals surface area contributed by atoms with Gasteiger partial charge in [-0.1, -0.05) is 0 Å². The molecule has 0 fully saturated rings. The zero-order valence-corrected chi connectivity index (χ0v) is 10.9. The zero-order chi connectivity index (χ0) is 20.4. The second-order valence-electron chi connectivity index (χ2n) is 3.86. The summed E-state index contributed by atoms with van der Waals surface area (Å²) in [5, 5.41) is 0. The van der Waals surface area contributed by atoms with E-state index in [4.69, 9.17) is 0 Å². The van der Waals surface area contributed by atoms with Crippen LogP contribution in [0.1, 0.15) is 6.92 Å². The van der Waals surface area contributed by atoms with Crippen LogP contribution in [0.25, 0.3) is 0 Å². The van der Waals surface area contributed by atoms with Gasteiger partial charge in [0.25, 0.3) is 0 Å². The van der Waals surface area contributed by atoms with E-state index in [-0.39, 0.29) is 6.92 Å². The van der Waals surface area contributed by atoms with Crippen molar-refractivity contribution in [2.75, 3.05) is 6.67 Å². The first-order valence-corrected chi connectivity index (χ1v) is 5.02. The van der Waals surface area contributed by atoms with Crippen LogP contribution in [0.3, 0.4) is 0 Å². The Labute approximate surface area is 122 Å². The smallest absolute Gasteiger partial charge is 0.246 e. The molecule has 0 nitrogen and oxygen atoms in total. The molecule has 0 aliphatic carbocycles. The Morgan fingerprint density at radius 1 is 0.667 bits per heavy atom. The highest BCUT2D eigenvalue weighted by Gasteiger charge is 2.76. The highest BCUT2D eigenvalue weighted by molar-refractivity contribution is 5.27. The van der Waals surface area contributed by atoms with E-state index in [9.17, 15) is 65.9 Å². The minimum atomic E-state index is -7.08. The van der Waals surface area contributed by atoms with Gasteiger partial charge in [-0.05, 0) is 0 Å². The van der Waals surface area contributed by atoms with E-state index < -0.39 is 48.4 Å². The summed E-state index contributed by atoms with van der Waals surface area (Å²) in [6.07, 6.45) is -24.4. The SMILES string of the molecule is CC(F)(F)F.FC/C(=C(/F)C(F)(C(F)(F)F)C(F)(F)F)C(F)(F)F. The maximum atomic E-state index is 12.8. The Bertz CT molecular complexity index is 408. The Hall–Kier alpha value is -1.31. The van der Waals surface area contributed by atoms with Gasteiger partial charge in [0.1, 0.15) is 6.67 Å². The first-order valence-electron chi connectivity index (χ1n) is 5.02. The number of hydrogen-bond acceptors (Lipinski definition) is 0. The van der Waals surface area contributed by atoms with Crippen molar-refractivity contribution in [2.24, 2.45) is 0 Å². The third-order valence-electron chi connectivity index (χ3n) is 1.82. The predicted octanol–water partition coefficient (Wildman–Crippen LogP) is 6.14. The molecule has 0 N–H and O–H groups in total. The van der Waals surface area contributed by atoms with E-state index in [2.05, 4.69) is 0 Å². The van der Waals surface area contributed by atoms with E-state index in [1.807, 2.05) is 0 Å². The van der Waals surface area contributed by atoms with Gasteiger partial charge in [0.2, 0.25) is 0 Å². The van der Waals surface area contributed by atoms with E-state index >= 15 is 0 Å². The number of hydrogen-bond donors (Lipinski definition) is 0. The molecule has 0 saturated carbocycles. The summed E-state index contributed by atoms with van der Waals surface area (Å²) in [7, 11) is 0. The maximum absolute atomic E-state index is 12.8. The first-order chi connectivity index (χ1) is 10.1. The molecule has 0 saturated heterocycles. The molecule has 146 valence electrons. The third kappa shape index (κ3) is 6.67. The van der Waals surface area contributed by atoms with Crippen molar-refractivity contribution in [2.45, 2.75) is 37.3 Å². The molecular weight excluding hydrogens is 393 g/mol. The zero-order valence-electron chi connectivity index (χ0n) is 10.9. The van der Waals surface area contributed by atoms with Gasteiger partial charge >= 0.3 is 30.4 Å². The van der Waals surface area contributed by atoms with Crippen molar-refractivity contribution in [3.8, 4) is 0 Å². The standard InChI is InChI=1S/C7H2F12.C2H3F3/c8-1-2(5(11,12)13)3(9)4(10,6(14,15)16)7(17,18)19;1-2(3,4)5/h1H2;1H3/b3-2-;. The largest absolute Gasteiger partial charge is 0.438 e. The molecule has 24 heavy (non-hydrogen) atoms. The molecule has 0 atom stereocenters. The third-order valence-corrected chi connectivity index (χ3v) is 1.82. The quantitative estimate of drug-likeness (QED) is 0.490. The molecule has 0 aliphatic rings. The topological polar surface area (TPSA) is 0 Å². The summed E-state index contributed by atoms with van der Waals surface area (Å²) in [5.41, 5.74) is -10.5. The van der Waals surface area contributed by atoms with Crippen LogP contribution in [-0.2, 0) is 0 Å². The van der Waals surface area contributed by atoms with Gasteiger partial charge in [-0.15, -0.1) is 0 Å². The van der Waals surface area contributed by atoms with Gasteiger partial charge < -0.3 is 0 Å². The summed E-state index contributed by atoms with van der Waals surface area (Å²) in [6, 6.07) is 0.